The molecule has 5 aromatic rings. The first-order valence-corrected chi connectivity index (χ1v) is 12.8. The number of H-pyrrole nitrogens is 1. The van der Waals surface area contributed by atoms with Crippen LogP contribution in [0, 0.1) is 6.92 Å². The molecule has 1 saturated carbocycles. The van der Waals surface area contributed by atoms with Crippen molar-refractivity contribution in [1.82, 2.24) is 25.1 Å². The van der Waals surface area contributed by atoms with Gasteiger partial charge in [0.15, 0.2) is 0 Å². The van der Waals surface area contributed by atoms with Crippen LogP contribution in [0.25, 0.3) is 44.7 Å². The van der Waals surface area contributed by atoms with Crippen LogP contribution in [-0.4, -0.2) is 43.3 Å². The zero-order chi connectivity index (χ0) is 26.1. The molecule has 0 bridgehead atoms. The lowest BCUT2D eigenvalue weighted by Crippen LogP contribution is -2.31. The van der Waals surface area contributed by atoms with E-state index in [1.54, 1.807) is 18.5 Å². The summed E-state index contributed by atoms with van der Waals surface area (Å²) in [6, 6.07) is 17.9. The number of carbonyl (C=O) groups excluding carboxylic acids is 1. The molecule has 4 heterocycles. The van der Waals surface area contributed by atoms with Gasteiger partial charge in [-0.3, -0.25) is 20.1 Å². The number of hydrogen-bond donors (Lipinski definition) is 2. The zero-order valence-corrected chi connectivity index (χ0v) is 21.1. The number of nitrogens with zero attached hydrogens (tertiary/aromatic N) is 4. The van der Waals surface area contributed by atoms with Crippen molar-refractivity contribution in [2.45, 2.75) is 44.8 Å². The van der Waals surface area contributed by atoms with Crippen LogP contribution in [0.5, 0.6) is 0 Å². The first-order chi connectivity index (χ1) is 18.5. The smallest absolute Gasteiger partial charge is 0.339 e. The number of nitrogens with two attached hydrogens (primary N) is 1. The molecule has 4 aromatic heterocycles. The predicted octanol–water partition coefficient (Wildman–Crippen LogP) is 5.48. The summed E-state index contributed by atoms with van der Waals surface area (Å²) in [5, 5.41) is 8.35. The summed E-state index contributed by atoms with van der Waals surface area (Å²) in [6.45, 7) is 1.97. The molecule has 38 heavy (non-hydrogen) atoms. The van der Waals surface area contributed by atoms with Crippen LogP contribution in [-0.2, 0) is 4.74 Å². The average molecular weight is 505 g/mol. The van der Waals surface area contributed by atoms with E-state index in [0.717, 1.165) is 76.1 Å². The van der Waals surface area contributed by atoms with Crippen molar-refractivity contribution in [2.24, 2.45) is 5.73 Å². The Labute approximate surface area is 220 Å². The second-order valence-electron chi connectivity index (χ2n) is 9.83. The molecule has 8 heteroatoms. The minimum atomic E-state index is -0.343. The molecule has 190 valence electrons. The number of aryl methyl sites for hydroxylation is 1. The van der Waals surface area contributed by atoms with Gasteiger partial charge in [0.1, 0.15) is 6.10 Å². The first kappa shape index (κ1) is 23.9. The van der Waals surface area contributed by atoms with Gasteiger partial charge in [0, 0.05) is 40.6 Å². The molecule has 1 aromatic carbocycles. The Balaban J connectivity index is 1.24. The summed E-state index contributed by atoms with van der Waals surface area (Å²) in [5.41, 5.74) is 13.5. The number of benzene rings is 1. The van der Waals surface area contributed by atoms with Crippen LogP contribution in [0.3, 0.4) is 0 Å². The fourth-order valence-corrected chi connectivity index (χ4v) is 4.93. The number of ether oxygens (including phenoxy) is 1. The fraction of sp³-hybridized carbons (Fsp3) is 0.233. The van der Waals surface area contributed by atoms with Crippen LogP contribution >= 0.6 is 0 Å². The standard InChI is InChI=1S/C30H28N6O2/c1-18-3-2-4-28(35-18)29-25(17-34-36-29)19-5-11-26-21(13-19)14-22(16-33-26)27-12-6-20(15-32-27)30(37)38-24-9-7-23(31)8-10-24/h2-6,11-17,23-24H,7-10,31H2,1H3,(H,34,36)/t23-,24-. The molecule has 1 aliphatic rings. The van der Waals surface area contributed by atoms with E-state index in [1.165, 1.54) is 0 Å². The maximum atomic E-state index is 12.6. The van der Waals surface area contributed by atoms with Gasteiger partial charge in [-0.05, 0) is 80.6 Å². The number of rotatable bonds is 5. The van der Waals surface area contributed by atoms with E-state index < -0.39 is 0 Å². The Morgan fingerprint density at radius 3 is 2.55 bits per heavy atom. The molecule has 0 radical (unpaired) electrons. The third kappa shape index (κ3) is 4.90. The Morgan fingerprint density at radius 1 is 0.921 bits per heavy atom. The second-order valence-corrected chi connectivity index (χ2v) is 9.83. The van der Waals surface area contributed by atoms with E-state index in [-0.39, 0.29) is 18.1 Å². The molecule has 3 N–H and O–H groups in total. The number of esters is 1. The SMILES string of the molecule is Cc1cccc(-c2[nH]ncc2-c2ccc3ncc(-c4ccc(C(=O)O[C@H]5CC[C@H](N)CC5)cn4)cc3c2)n1. The van der Waals surface area contributed by atoms with Gasteiger partial charge in [-0.15, -0.1) is 0 Å². The van der Waals surface area contributed by atoms with Gasteiger partial charge in [-0.1, -0.05) is 12.1 Å². The highest BCUT2D eigenvalue weighted by Crippen LogP contribution is 2.32. The van der Waals surface area contributed by atoms with Crippen LogP contribution in [0.2, 0.25) is 0 Å². The lowest BCUT2D eigenvalue weighted by Gasteiger charge is -2.25. The Bertz CT molecular complexity index is 1600. The number of nitrogens with one attached hydrogen (secondary N) is 1. The number of aromatic nitrogens is 5. The summed E-state index contributed by atoms with van der Waals surface area (Å²) in [6.07, 6.45) is 8.51. The lowest BCUT2D eigenvalue weighted by atomic mass is 9.94. The highest BCUT2D eigenvalue weighted by Gasteiger charge is 2.22. The van der Waals surface area contributed by atoms with Crippen molar-refractivity contribution >= 4 is 16.9 Å². The molecule has 0 unspecified atom stereocenters. The molecule has 8 nitrogen and oxygen atoms in total. The zero-order valence-electron chi connectivity index (χ0n) is 21.1. The third-order valence-corrected chi connectivity index (χ3v) is 7.06. The first-order valence-electron chi connectivity index (χ1n) is 12.8. The maximum absolute atomic E-state index is 12.6. The molecule has 0 saturated heterocycles. The number of aromatic amines is 1. The summed E-state index contributed by atoms with van der Waals surface area (Å²) in [4.78, 5) is 26.4. The Kier molecular flexibility index (Phi) is 6.39. The van der Waals surface area contributed by atoms with E-state index >= 15 is 0 Å². The highest BCUT2D eigenvalue weighted by atomic mass is 16.5. The topological polar surface area (TPSA) is 120 Å². The van der Waals surface area contributed by atoms with Crippen molar-refractivity contribution in [3.63, 3.8) is 0 Å². The number of pyridine rings is 3. The summed E-state index contributed by atoms with van der Waals surface area (Å²) in [5.74, 6) is -0.343. The molecule has 1 fully saturated rings. The van der Waals surface area contributed by atoms with Crippen molar-refractivity contribution in [3.05, 3.63) is 84.4 Å². The Morgan fingerprint density at radius 2 is 1.76 bits per heavy atom. The van der Waals surface area contributed by atoms with Crippen molar-refractivity contribution in [3.8, 4) is 33.8 Å². The van der Waals surface area contributed by atoms with Crippen LogP contribution in [0.15, 0.2) is 73.2 Å². The number of fused-ring (bicyclic) bond motifs is 1. The van der Waals surface area contributed by atoms with E-state index in [2.05, 4.69) is 37.3 Å². The summed E-state index contributed by atoms with van der Waals surface area (Å²) < 4.78 is 5.67. The highest BCUT2D eigenvalue weighted by molar-refractivity contribution is 5.91. The molecular formula is C30H28N6O2. The van der Waals surface area contributed by atoms with E-state index in [4.69, 9.17) is 10.5 Å². The van der Waals surface area contributed by atoms with Crippen molar-refractivity contribution < 1.29 is 9.53 Å². The summed E-state index contributed by atoms with van der Waals surface area (Å²) in [7, 11) is 0. The van der Waals surface area contributed by atoms with Gasteiger partial charge in [-0.25, -0.2) is 4.79 Å². The number of hydrogen-bond acceptors (Lipinski definition) is 7. The average Bonchev–Trinajstić information content (AvgIpc) is 3.44. The van der Waals surface area contributed by atoms with Gasteiger partial charge in [0.2, 0.25) is 0 Å². The quantitative estimate of drug-likeness (QED) is 0.304. The maximum Gasteiger partial charge on any atom is 0.339 e. The van der Waals surface area contributed by atoms with Crippen molar-refractivity contribution in [1.29, 1.82) is 0 Å². The van der Waals surface area contributed by atoms with Gasteiger partial charge in [0.25, 0.3) is 0 Å². The second kappa shape index (κ2) is 10.1. The third-order valence-electron chi connectivity index (χ3n) is 7.06. The predicted molar refractivity (Wildman–Crippen MR) is 146 cm³/mol. The summed E-state index contributed by atoms with van der Waals surface area (Å²) >= 11 is 0. The molecule has 0 spiro atoms. The van der Waals surface area contributed by atoms with E-state index in [1.807, 2.05) is 49.5 Å². The number of carbonyl (C=O) groups is 1. The normalized spacial score (nSPS) is 17.4. The lowest BCUT2D eigenvalue weighted by molar-refractivity contribution is 0.0196. The van der Waals surface area contributed by atoms with Crippen molar-refractivity contribution in [2.75, 3.05) is 0 Å². The van der Waals surface area contributed by atoms with Gasteiger partial charge in [0.05, 0.1) is 34.4 Å². The van der Waals surface area contributed by atoms with Gasteiger partial charge < -0.3 is 10.5 Å². The minimum Gasteiger partial charge on any atom is -0.459 e. The largest absolute Gasteiger partial charge is 0.459 e. The van der Waals surface area contributed by atoms with Crippen LogP contribution < -0.4 is 5.73 Å². The monoisotopic (exact) mass is 504 g/mol. The molecule has 1 aliphatic carbocycles. The van der Waals surface area contributed by atoms with Crippen LogP contribution in [0.4, 0.5) is 0 Å². The Hall–Kier alpha value is -4.43. The fourth-order valence-electron chi connectivity index (χ4n) is 4.93. The van der Waals surface area contributed by atoms with E-state index in [0.29, 0.717) is 5.56 Å². The molecular weight excluding hydrogens is 476 g/mol. The van der Waals surface area contributed by atoms with Gasteiger partial charge >= 0.3 is 5.97 Å². The van der Waals surface area contributed by atoms with E-state index in [9.17, 15) is 4.79 Å². The minimum absolute atomic E-state index is 0.0710. The van der Waals surface area contributed by atoms with Crippen LogP contribution in [0.1, 0.15) is 41.7 Å². The molecule has 0 atom stereocenters. The molecule has 6 rings (SSSR count). The molecule has 0 aliphatic heterocycles. The van der Waals surface area contributed by atoms with Gasteiger partial charge in [-0.2, -0.15) is 5.10 Å². The molecule has 0 amide bonds.